The first kappa shape index (κ1) is 14.1. The molecule has 0 atom stereocenters. The third-order valence-electron chi connectivity index (χ3n) is 2.73. The lowest BCUT2D eigenvalue weighted by atomic mass is 10.1. The van der Waals surface area contributed by atoms with Crippen LogP contribution in [-0.2, 0) is 11.2 Å². The van der Waals surface area contributed by atoms with Crippen LogP contribution in [0.3, 0.4) is 0 Å². The van der Waals surface area contributed by atoms with Crippen LogP contribution in [0.2, 0.25) is 5.02 Å². The Bertz CT molecular complexity index is 627. The summed E-state index contributed by atoms with van der Waals surface area (Å²) in [4.78, 5) is 26.0. The molecule has 2 aromatic heterocycles. The Balaban J connectivity index is 1.88. The Morgan fingerprint density at radius 2 is 2.15 bits per heavy atom. The molecule has 7 nitrogen and oxygen atoms in total. The van der Waals surface area contributed by atoms with Crippen molar-refractivity contribution >= 4 is 23.4 Å². The highest BCUT2D eigenvalue weighted by atomic mass is 35.5. The summed E-state index contributed by atoms with van der Waals surface area (Å²) in [5.74, 6) is -0.269. The van der Waals surface area contributed by atoms with Crippen LogP contribution in [0.15, 0.2) is 16.8 Å². The number of halogens is 1. The van der Waals surface area contributed by atoms with Gasteiger partial charge >= 0.3 is 0 Å². The molecule has 0 unspecified atom stereocenters. The zero-order chi connectivity index (χ0) is 14.7. The summed E-state index contributed by atoms with van der Waals surface area (Å²) in [6.45, 7) is 3.47. The first-order valence-electron chi connectivity index (χ1n) is 5.82. The maximum absolute atomic E-state index is 11.7. The maximum Gasteiger partial charge on any atom is 0.286 e. The summed E-state index contributed by atoms with van der Waals surface area (Å²) in [6.07, 6.45) is 1.55. The van der Waals surface area contributed by atoms with Crippen LogP contribution in [0.1, 0.15) is 27.5 Å². The summed E-state index contributed by atoms with van der Waals surface area (Å²) in [5.41, 5.74) is 6.21. The molecule has 0 saturated carbocycles. The molecular weight excluding hydrogens is 284 g/mol. The molecule has 106 valence electrons. The van der Waals surface area contributed by atoms with Crippen molar-refractivity contribution in [3.63, 3.8) is 0 Å². The molecule has 0 radical (unpaired) electrons. The van der Waals surface area contributed by atoms with Gasteiger partial charge < -0.3 is 9.51 Å². The van der Waals surface area contributed by atoms with Gasteiger partial charge in [0, 0.05) is 11.8 Å². The molecule has 2 aromatic rings. The zero-order valence-corrected chi connectivity index (χ0v) is 11.7. The Morgan fingerprint density at radius 1 is 1.40 bits per heavy atom. The molecule has 0 aliphatic carbocycles. The molecule has 0 spiro atoms. The fraction of sp³-hybridized carbons (Fsp3) is 0.250. The van der Waals surface area contributed by atoms with E-state index >= 15 is 0 Å². The van der Waals surface area contributed by atoms with E-state index in [4.69, 9.17) is 16.1 Å². The molecule has 2 amide bonds. The first-order valence-corrected chi connectivity index (χ1v) is 6.20. The molecule has 0 fully saturated rings. The second kappa shape index (κ2) is 5.79. The smallest absolute Gasteiger partial charge is 0.286 e. The van der Waals surface area contributed by atoms with Crippen molar-refractivity contribution in [2.24, 2.45) is 0 Å². The Morgan fingerprint density at radius 3 is 2.70 bits per heavy atom. The van der Waals surface area contributed by atoms with E-state index in [0.717, 1.165) is 0 Å². The number of hydrogen-bond donors (Lipinski definition) is 3. The molecule has 3 N–H and O–H groups in total. The van der Waals surface area contributed by atoms with E-state index in [9.17, 15) is 9.59 Å². The molecule has 2 heterocycles. The lowest BCUT2D eigenvalue weighted by Gasteiger charge is -2.06. The van der Waals surface area contributed by atoms with Crippen molar-refractivity contribution in [3.8, 4) is 0 Å². The number of aromatic nitrogens is 2. The highest BCUT2D eigenvalue weighted by Gasteiger charge is 2.14. The fourth-order valence-electron chi connectivity index (χ4n) is 1.65. The number of aromatic amines is 1. The molecule has 0 aliphatic rings. The van der Waals surface area contributed by atoms with Crippen LogP contribution >= 0.6 is 11.6 Å². The van der Waals surface area contributed by atoms with Crippen LogP contribution in [0, 0.1) is 13.8 Å². The lowest BCUT2D eigenvalue weighted by molar-refractivity contribution is -0.121. The van der Waals surface area contributed by atoms with Crippen molar-refractivity contribution in [3.05, 3.63) is 40.0 Å². The number of H-pyrrole nitrogens is 1. The number of nitrogens with one attached hydrogen (secondary N) is 3. The van der Waals surface area contributed by atoms with E-state index < -0.39 is 5.91 Å². The minimum Gasteiger partial charge on any atom is -0.361 e. The van der Waals surface area contributed by atoms with E-state index in [1.165, 1.54) is 12.3 Å². The molecular formula is C12H13ClN4O3. The van der Waals surface area contributed by atoms with Gasteiger partial charge in [0.05, 0.1) is 17.1 Å². The average molecular weight is 297 g/mol. The monoisotopic (exact) mass is 296 g/mol. The summed E-state index contributed by atoms with van der Waals surface area (Å²) in [6, 6.07) is 1.46. The fourth-order valence-corrected chi connectivity index (χ4v) is 1.82. The Kier molecular flexibility index (Phi) is 4.09. The third-order valence-corrected chi connectivity index (χ3v) is 2.94. The van der Waals surface area contributed by atoms with Gasteiger partial charge in [0.25, 0.3) is 5.91 Å². The molecule has 0 bridgehead atoms. The van der Waals surface area contributed by atoms with Gasteiger partial charge in [0.1, 0.15) is 11.5 Å². The van der Waals surface area contributed by atoms with Gasteiger partial charge in [-0.25, -0.2) is 0 Å². The minimum absolute atomic E-state index is 0.0763. The molecule has 0 aliphatic heterocycles. The van der Waals surface area contributed by atoms with Crippen LogP contribution in [0.25, 0.3) is 0 Å². The van der Waals surface area contributed by atoms with Gasteiger partial charge in [-0.15, -0.1) is 0 Å². The minimum atomic E-state index is -0.482. The number of carbonyl (C=O) groups is 2. The van der Waals surface area contributed by atoms with Gasteiger partial charge in [0.15, 0.2) is 0 Å². The predicted molar refractivity (Wildman–Crippen MR) is 71.1 cm³/mol. The van der Waals surface area contributed by atoms with Crippen molar-refractivity contribution in [2.45, 2.75) is 20.3 Å². The maximum atomic E-state index is 11.7. The topological polar surface area (TPSA) is 100 Å². The van der Waals surface area contributed by atoms with Gasteiger partial charge in [-0.3, -0.25) is 20.4 Å². The van der Waals surface area contributed by atoms with Gasteiger partial charge in [-0.05, 0) is 19.9 Å². The highest BCUT2D eigenvalue weighted by molar-refractivity contribution is 6.30. The van der Waals surface area contributed by atoms with Crippen molar-refractivity contribution in [2.75, 3.05) is 0 Å². The molecule has 20 heavy (non-hydrogen) atoms. The second-order valence-corrected chi connectivity index (χ2v) is 4.65. The number of hydrazine groups is 1. The van der Waals surface area contributed by atoms with Gasteiger partial charge in [-0.1, -0.05) is 16.8 Å². The molecule has 0 saturated heterocycles. The van der Waals surface area contributed by atoms with Crippen LogP contribution in [0.4, 0.5) is 0 Å². The normalized spacial score (nSPS) is 10.3. The summed E-state index contributed by atoms with van der Waals surface area (Å²) >= 11 is 5.68. The standard InChI is InChI=1S/C12H13ClN4O3/c1-6-9(7(2)20-17-6)4-11(18)15-16-12(19)10-3-8(13)5-14-10/h3,5,14H,4H2,1-2H3,(H,15,18)(H,16,19). The van der Waals surface area contributed by atoms with E-state index in [2.05, 4.69) is 21.0 Å². The molecule has 2 rings (SSSR count). The highest BCUT2D eigenvalue weighted by Crippen LogP contribution is 2.12. The Hall–Kier alpha value is -2.28. The van der Waals surface area contributed by atoms with Gasteiger partial charge in [0.2, 0.25) is 5.91 Å². The van der Waals surface area contributed by atoms with Crippen LogP contribution < -0.4 is 10.9 Å². The van der Waals surface area contributed by atoms with Crippen LogP contribution in [-0.4, -0.2) is 22.0 Å². The summed E-state index contributed by atoms with van der Waals surface area (Å²) in [7, 11) is 0. The van der Waals surface area contributed by atoms with E-state index in [1.54, 1.807) is 13.8 Å². The number of nitrogens with zero attached hydrogens (tertiary/aromatic N) is 1. The second-order valence-electron chi connectivity index (χ2n) is 4.21. The zero-order valence-electron chi connectivity index (χ0n) is 10.9. The number of aryl methyl sites for hydroxylation is 2. The number of hydrogen-bond acceptors (Lipinski definition) is 4. The number of rotatable bonds is 3. The van der Waals surface area contributed by atoms with E-state index in [1.807, 2.05) is 0 Å². The largest absolute Gasteiger partial charge is 0.361 e. The average Bonchev–Trinajstić information content (AvgIpc) is 2.97. The predicted octanol–water partition coefficient (Wildman–Crippen LogP) is 1.28. The molecule has 8 heteroatoms. The summed E-state index contributed by atoms with van der Waals surface area (Å²) in [5, 5.41) is 4.17. The lowest BCUT2D eigenvalue weighted by Crippen LogP contribution is -2.42. The van der Waals surface area contributed by atoms with Crippen molar-refractivity contribution in [1.29, 1.82) is 0 Å². The summed E-state index contributed by atoms with van der Waals surface area (Å²) < 4.78 is 4.96. The van der Waals surface area contributed by atoms with Crippen molar-refractivity contribution < 1.29 is 14.1 Å². The van der Waals surface area contributed by atoms with Crippen LogP contribution in [0.5, 0.6) is 0 Å². The van der Waals surface area contributed by atoms with Gasteiger partial charge in [-0.2, -0.15) is 0 Å². The van der Waals surface area contributed by atoms with E-state index in [-0.39, 0.29) is 18.0 Å². The first-order chi connectivity index (χ1) is 9.47. The molecule has 0 aromatic carbocycles. The van der Waals surface area contributed by atoms with Crippen molar-refractivity contribution in [1.82, 2.24) is 21.0 Å². The quantitative estimate of drug-likeness (QED) is 0.743. The SMILES string of the molecule is Cc1noc(C)c1CC(=O)NNC(=O)c1cc(Cl)c[nH]1. The third kappa shape index (κ3) is 3.18. The number of amides is 2. The Labute approximate surface area is 119 Å². The number of carbonyl (C=O) groups excluding carboxylic acids is 2. The van der Waals surface area contributed by atoms with E-state index in [0.29, 0.717) is 22.0 Å².